The highest BCUT2D eigenvalue weighted by Crippen LogP contribution is 2.51. The molecule has 7 nitrogen and oxygen atoms in total. The van der Waals surface area contributed by atoms with Gasteiger partial charge in [0, 0.05) is 18.7 Å². The molecule has 0 radical (unpaired) electrons. The van der Waals surface area contributed by atoms with Crippen molar-refractivity contribution in [2.75, 3.05) is 6.61 Å². The number of aromatic nitrogens is 4. The molecule has 0 spiro atoms. The molecule has 0 saturated heterocycles. The van der Waals surface area contributed by atoms with E-state index < -0.39 is 20.5 Å². The molecule has 1 saturated carbocycles. The fraction of sp³-hybridized carbons (Fsp3) is 0.417. The molecule has 9 heteroatoms. The van der Waals surface area contributed by atoms with E-state index in [-0.39, 0.29) is 23.2 Å². The number of sulfone groups is 1. The van der Waals surface area contributed by atoms with Crippen molar-refractivity contribution in [1.29, 1.82) is 0 Å². The predicted octanol–water partition coefficient (Wildman–Crippen LogP) is 3.33. The van der Waals surface area contributed by atoms with Crippen LogP contribution in [0, 0.1) is 17.2 Å². The van der Waals surface area contributed by atoms with Crippen molar-refractivity contribution in [2.24, 2.45) is 18.4 Å². The molecule has 3 aromatic rings. The Bertz CT molecular complexity index is 1330. The van der Waals surface area contributed by atoms with E-state index >= 15 is 0 Å². The molecular formula is C24H27FN4O3S. The fourth-order valence-corrected chi connectivity index (χ4v) is 7.05. The molecule has 0 amide bonds. The number of hydrogen-bond acceptors (Lipinski definition) is 5. The quantitative estimate of drug-likeness (QED) is 0.618. The van der Waals surface area contributed by atoms with Crippen molar-refractivity contribution in [1.82, 2.24) is 19.6 Å². The topological polar surface area (TPSA) is 90.0 Å². The van der Waals surface area contributed by atoms with Crippen LogP contribution in [0.4, 0.5) is 4.39 Å². The van der Waals surface area contributed by atoms with Crippen LogP contribution >= 0.6 is 0 Å². The summed E-state index contributed by atoms with van der Waals surface area (Å²) < 4.78 is 43.1. The normalized spacial score (nSPS) is 23.5. The van der Waals surface area contributed by atoms with Crippen LogP contribution in [0.3, 0.4) is 0 Å². The minimum absolute atomic E-state index is 0.0455. The van der Waals surface area contributed by atoms with Gasteiger partial charge in [0.25, 0.3) is 0 Å². The molecule has 1 N–H and O–H groups in total. The first-order valence-corrected chi connectivity index (χ1v) is 12.7. The SMILES string of the molecule is CC([C@H]1CCC2=Cc3c(cnn3-c3ccc(F)cc3)C[C@]2(CO)C1)S(=O)(=O)c1cnn(C)c1. The lowest BCUT2D eigenvalue weighted by molar-refractivity contribution is 0.103. The molecule has 2 heterocycles. The van der Waals surface area contributed by atoms with Gasteiger partial charge in [-0.3, -0.25) is 4.68 Å². The van der Waals surface area contributed by atoms with Crippen molar-refractivity contribution in [3.63, 3.8) is 0 Å². The molecule has 0 aliphatic heterocycles. The van der Waals surface area contributed by atoms with E-state index in [9.17, 15) is 17.9 Å². The van der Waals surface area contributed by atoms with Crippen LogP contribution in [0.25, 0.3) is 11.8 Å². The number of nitrogens with zero attached hydrogens (tertiary/aromatic N) is 4. The van der Waals surface area contributed by atoms with E-state index in [2.05, 4.69) is 16.3 Å². The standard InChI is InChI=1S/C24H27FN4O3S/c1-16(33(31,32)22-13-26-28(2)14-22)17-3-4-19-9-23-18(11-24(19,10-17)15-30)12-27-29(23)21-7-5-20(25)6-8-21/h5-9,12-14,16-17,30H,3-4,10-11,15H2,1-2H3/t16?,17-,24-/m0/s1. The highest BCUT2D eigenvalue weighted by atomic mass is 32.2. The minimum atomic E-state index is -3.52. The first kappa shape index (κ1) is 22.0. The van der Waals surface area contributed by atoms with Gasteiger partial charge in [-0.05, 0) is 74.4 Å². The van der Waals surface area contributed by atoms with Gasteiger partial charge in [-0.1, -0.05) is 5.57 Å². The molecule has 5 rings (SSSR count). The smallest absolute Gasteiger partial charge is 0.184 e. The fourth-order valence-electron chi connectivity index (χ4n) is 5.39. The first-order valence-electron chi connectivity index (χ1n) is 11.1. The van der Waals surface area contributed by atoms with Crippen molar-refractivity contribution >= 4 is 15.9 Å². The maximum atomic E-state index is 13.4. The Morgan fingerprint density at radius 3 is 2.67 bits per heavy atom. The van der Waals surface area contributed by atoms with Crippen LogP contribution in [0.2, 0.25) is 0 Å². The molecule has 1 unspecified atom stereocenters. The molecule has 2 aromatic heterocycles. The summed E-state index contributed by atoms with van der Waals surface area (Å²) in [6.07, 6.45) is 9.46. The van der Waals surface area contributed by atoms with Crippen LogP contribution in [-0.4, -0.2) is 44.9 Å². The van der Waals surface area contributed by atoms with Gasteiger partial charge in [0.15, 0.2) is 9.84 Å². The van der Waals surface area contributed by atoms with Crippen molar-refractivity contribution in [3.8, 4) is 5.69 Å². The van der Waals surface area contributed by atoms with Crippen molar-refractivity contribution in [3.05, 3.63) is 65.5 Å². The summed E-state index contributed by atoms with van der Waals surface area (Å²) in [6, 6.07) is 6.20. The van der Waals surface area contributed by atoms with E-state index in [0.29, 0.717) is 19.3 Å². The molecule has 174 valence electrons. The molecule has 1 fully saturated rings. The molecular weight excluding hydrogens is 443 g/mol. The van der Waals surface area contributed by atoms with Crippen molar-refractivity contribution < 1.29 is 17.9 Å². The predicted molar refractivity (Wildman–Crippen MR) is 122 cm³/mol. The Hall–Kier alpha value is -2.78. The summed E-state index contributed by atoms with van der Waals surface area (Å²) in [4.78, 5) is 0.239. The second-order valence-corrected chi connectivity index (χ2v) is 11.6. The monoisotopic (exact) mass is 470 g/mol. The summed E-state index contributed by atoms with van der Waals surface area (Å²) in [5, 5.41) is 18.5. The summed E-state index contributed by atoms with van der Waals surface area (Å²) in [7, 11) is -1.82. The summed E-state index contributed by atoms with van der Waals surface area (Å²) in [5.41, 5.74) is 3.35. The Balaban J connectivity index is 1.45. The third-order valence-electron chi connectivity index (χ3n) is 7.38. The highest BCUT2D eigenvalue weighted by Gasteiger charge is 2.46. The molecule has 33 heavy (non-hydrogen) atoms. The number of halogens is 1. The molecule has 0 bridgehead atoms. The summed E-state index contributed by atoms with van der Waals surface area (Å²) in [5.74, 6) is -0.376. The minimum Gasteiger partial charge on any atom is -0.395 e. The number of fused-ring (bicyclic) bond motifs is 2. The van der Waals surface area contributed by atoms with Gasteiger partial charge < -0.3 is 5.11 Å². The number of benzene rings is 1. The average molecular weight is 471 g/mol. The summed E-state index contributed by atoms with van der Waals surface area (Å²) >= 11 is 0. The highest BCUT2D eigenvalue weighted by molar-refractivity contribution is 7.92. The van der Waals surface area contributed by atoms with Gasteiger partial charge in [0.2, 0.25) is 0 Å². The first-order chi connectivity index (χ1) is 15.7. The number of aliphatic hydroxyl groups excluding tert-OH is 1. The number of hydrogen-bond donors (Lipinski definition) is 1. The third-order valence-corrected chi connectivity index (χ3v) is 9.61. The number of aliphatic hydroxyl groups is 1. The zero-order chi connectivity index (χ0) is 23.4. The molecule has 1 aromatic carbocycles. The maximum Gasteiger partial charge on any atom is 0.184 e. The van der Waals surface area contributed by atoms with Gasteiger partial charge in [-0.2, -0.15) is 10.2 Å². The van der Waals surface area contributed by atoms with E-state index in [4.69, 9.17) is 0 Å². The second-order valence-electron chi connectivity index (χ2n) is 9.33. The van der Waals surface area contributed by atoms with Crippen LogP contribution in [0.15, 0.2) is 53.3 Å². The van der Waals surface area contributed by atoms with Gasteiger partial charge in [0.1, 0.15) is 10.7 Å². The zero-order valence-electron chi connectivity index (χ0n) is 18.6. The largest absolute Gasteiger partial charge is 0.395 e. The van der Waals surface area contributed by atoms with Crippen LogP contribution in [-0.2, 0) is 23.3 Å². The van der Waals surface area contributed by atoms with Crippen molar-refractivity contribution in [2.45, 2.75) is 42.8 Å². The average Bonchev–Trinajstić information content (AvgIpc) is 3.43. The van der Waals surface area contributed by atoms with Gasteiger partial charge >= 0.3 is 0 Å². The summed E-state index contributed by atoms with van der Waals surface area (Å²) in [6.45, 7) is 1.73. The van der Waals surface area contributed by atoms with E-state index in [0.717, 1.165) is 28.9 Å². The van der Waals surface area contributed by atoms with Gasteiger partial charge in [-0.25, -0.2) is 17.5 Å². The zero-order valence-corrected chi connectivity index (χ0v) is 19.5. The Kier molecular flexibility index (Phi) is 5.29. The Morgan fingerprint density at radius 1 is 1.24 bits per heavy atom. The molecule has 2 aliphatic rings. The lowest BCUT2D eigenvalue weighted by atomic mass is 9.61. The second kappa shape index (κ2) is 7.92. The maximum absolute atomic E-state index is 13.4. The number of rotatable bonds is 5. The van der Waals surface area contributed by atoms with Gasteiger partial charge in [0.05, 0.1) is 35.6 Å². The van der Waals surface area contributed by atoms with Crippen LogP contribution in [0.1, 0.15) is 37.4 Å². The molecule has 3 atom stereocenters. The van der Waals surface area contributed by atoms with E-state index in [1.807, 2.05) is 0 Å². The molecule has 2 aliphatic carbocycles. The third kappa shape index (κ3) is 3.63. The Labute approximate surface area is 192 Å². The number of aryl methyl sites for hydroxylation is 1. The van der Waals surface area contributed by atoms with E-state index in [1.165, 1.54) is 23.0 Å². The lowest BCUT2D eigenvalue weighted by Crippen LogP contribution is -2.42. The van der Waals surface area contributed by atoms with Crippen LogP contribution < -0.4 is 0 Å². The lowest BCUT2D eigenvalue weighted by Gasteiger charge is -2.45. The van der Waals surface area contributed by atoms with Crippen LogP contribution in [0.5, 0.6) is 0 Å². The van der Waals surface area contributed by atoms with Gasteiger partial charge in [-0.15, -0.1) is 0 Å². The van der Waals surface area contributed by atoms with E-state index in [1.54, 1.807) is 43.2 Å². The Morgan fingerprint density at radius 2 is 2.00 bits per heavy atom.